The van der Waals surface area contributed by atoms with E-state index in [0.717, 1.165) is 42.3 Å². The molecule has 2 aliphatic rings. The standard InChI is InChI=1S/C17H21N5O3/c23-17-18-6-7-24-10-12-2-1-3-15(19-12)20-16-9-14(21-22-16)11-4-5-13(8-11)25-17/h1-3,9,11,13H,4-8,10H2,(H,18,23)(H2,19,20,21,22)/t11-,13+/m0/s1. The average Bonchev–Trinajstić information content (AvgIpc) is 3.23. The number of hydrogen-bond donors (Lipinski definition) is 3. The number of rotatable bonds is 0. The normalized spacial score (nSPS) is 23.9. The second-order valence-electron chi connectivity index (χ2n) is 6.36. The molecule has 1 amide bonds. The van der Waals surface area contributed by atoms with Gasteiger partial charge in [0.15, 0.2) is 5.82 Å². The Morgan fingerprint density at radius 3 is 3.12 bits per heavy atom. The maximum Gasteiger partial charge on any atom is 0.407 e. The van der Waals surface area contributed by atoms with Crippen molar-refractivity contribution in [3.05, 3.63) is 35.7 Å². The lowest BCUT2D eigenvalue weighted by Crippen LogP contribution is -2.30. The van der Waals surface area contributed by atoms with Gasteiger partial charge in [0.25, 0.3) is 0 Å². The quantitative estimate of drug-likeness (QED) is 0.679. The molecule has 8 heteroatoms. The first-order valence-electron chi connectivity index (χ1n) is 8.57. The zero-order chi connectivity index (χ0) is 17.1. The van der Waals surface area contributed by atoms with E-state index in [4.69, 9.17) is 9.47 Å². The lowest BCUT2D eigenvalue weighted by Gasteiger charge is -2.13. The van der Waals surface area contributed by atoms with Crippen molar-refractivity contribution >= 4 is 17.7 Å². The summed E-state index contributed by atoms with van der Waals surface area (Å²) >= 11 is 0. The number of alkyl carbamates (subject to hydrolysis) is 1. The third-order valence-electron chi connectivity index (χ3n) is 4.52. The lowest BCUT2D eigenvalue weighted by molar-refractivity contribution is 0.0897. The van der Waals surface area contributed by atoms with Gasteiger partial charge in [-0.1, -0.05) is 6.07 Å². The maximum absolute atomic E-state index is 11.9. The van der Waals surface area contributed by atoms with E-state index in [2.05, 4.69) is 25.8 Å². The summed E-state index contributed by atoms with van der Waals surface area (Å²) < 4.78 is 11.0. The number of carbonyl (C=O) groups is 1. The van der Waals surface area contributed by atoms with Crippen LogP contribution in [0.1, 0.15) is 36.6 Å². The number of nitrogens with zero attached hydrogens (tertiary/aromatic N) is 2. The van der Waals surface area contributed by atoms with E-state index in [1.165, 1.54) is 0 Å². The molecule has 0 saturated heterocycles. The minimum absolute atomic E-state index is 0.0574. The molecule has 132 valence electrons. The fraction of sp³-hybridized carbons (Fsp3) is 0.471. The van der Waals surface area contributed by atoms with E-state index >= 15 is 0 Å². The molecule has 1 aliphatic carbocycles. The summed E-state index contributed by atoms with van der Waals surface area (Å²) in [7, 11) is 0. The van der Waals surface area contributed by atoms with Crippen molar-refractivity contribution < 1.29 is 14.3 Å². The molecule has 4 rings (SSSR count). The fourth-order valence-electron chi connectivity index (χ4n) is 3.30. The van der Waals surface area contributed by atoms with E-state index in [1.54, 1.807) is 0 Å². The Morgan fingerprint density at radius 1 is 1.20 bits per heavy atom. The van der Waals surface area contributed by atoms with Crippen LogP contribution in [0.4, 0.5) is 16.4 Å². The van der Waals surface area contributed by atoms with Gasteiger partial charge in [-0.05, 0) is 31.4 Å². The summed E-state index contributed by atoms with van der Waals surface area (Å²) in [5.74, 6) is 1.77. The first-order chi connectivity index (χ1) is 12.3. The molecule has 1 aliphatic heterocycles. The molecular weight excluding hydrogens is 322 g/mol. The van der Waals surface area contributed by atoms with Gasteiger partial charge in [0.1, 0.15) is 11.9 Å². The summed E-state index contributed by atoms with van der Waals surface area (Å²) in [4.78, 5) is 16.4. The van der Waals surface area contributed by atoms with Gasteiger partial charge in [-0.3, -0.25) is 5.10 Å². The predicted octanol–water partition coefficient (Wildman–Crippen LogP) is 2.44. The molecule has 2 aromatic heterocycles. The van der Waals surface area contributed by atoms with Gasteiger partial charge in [0.2, 0.25) is 0 Å². The first kappa shape index (κ1) is 15.9. The Morgan fingerprint density at radius 2 is 2.16 bits per heavy atom. The zero-order valence-corrected chi connectivity index (χ0v) is 13.8. The number of hydrogen-bond acceptors (Lipinski definition) is 6. The highest BCUT2D eigenvalue weighted by Gasteiger charge is 2.29. The van der Waals surface area contributed by atoms with Gasteiger partial charge in [-0.15, -0.1) is 0 Å². The van der Waals surface area contributed by atoms with Crippen LogP contribution in [-0.4, -0.2) is 40.5 Å². The SMILES string of the molecule is O=C1NCCOCc2cccc(n2)Nc2cc([nH]n2)[C@H]2CC[C@H](C2)O1. The molecule has 3 N–H and O–H groups in total. The van der Waals surface area contributed by atoms with Gasteiger partial charge < -0.3 is 20.1 Å². The number of carbonyl (C=O) groups excluding carboxylic acids is 1. The Bertz CT molecular complexity index is 747. The summed E-state index contributed by atoms with van der Waals surface area (Å²) in [5, 5.41) is 13.3. The molecule has 0 radical (unpaired) electrons. The second-order valence-corrected chi connectivity index (χ2v) is 6.36. The molecule has 6 bridgehead atoms. The first-order valence-corrected chi connectivity index (χ1v) is 8.57. The molecule has 25 heavy (non-hydrogen) atoms. The van der Waals surface area contributed by atoms with Crippen LogP contribution in [0, 0.1) is 0 Å². The van der Waals surface area contributed by atoms with Crippen LogP contribution in [0.3, 0.4) is 0 Å². The van der Waals surface area contributed by atoms with Gasteiger partial charge in [0.05, 0.1) is 18.9 Å². The number of aromatic amines is 1. The van der Waals surface area contributed by atoms with Crippen LogP contribution in [0.25, 0.3) is 0 Å². The Labute approximate surface area is 145 Å². The molecule has 2 atom stereocenters. The highest BCUT2D eigenvalue weighted by Crippen LogP contribution is 2.36. The number of ether oxygens (including phenoxy) is 2. The van der Waals surface area contributed by atoms with Crippen LogP contribution in [-0.2, 0) is 16.1 Å². The van der Waals surface area contributed by atoms with Crippen molar-refractivity contribution in [3.63, 3.8) is 0 Å². The fourth-order valence-corrected chi connectivity index (χ4v) is 3.30. The number of aromatic nitrogens is 3. The van der Waals surface area contributed by atoms with Crippen molar-refractivity contribution in [3.8, 4) is 0 Å². The van der Waals surface area contributed by atoms with Gasteiger partial charge in [-0.25, -0.2) is 9.78 Å². The third kappa shape index (κ3) is 3.90. The predicted molar refractivity (Wildman–Crippen MR) is 90.6 cm³/mol. The van der Waals surface area contributed by atoms with Gasteiger partial charge >= 0.3 is 6.09 Å². The van der Waals surface area contributed by atoms with E-state index in [9.17, 15) is 4.79 Å². The molecule has 0 spiro atoms. The van der Waals surface area contributed by atoms with E-state index in [0.29, 0.717) is 25.7 Å². The molecule has 2 aromatic rings. The van der Waals surface area contributed by atoms with E-state index in [-0.39, 0.29) is 12.2 Å². The molecule has 8 nitrogen and oxygen atoms in total. The summed E-state index contributed by atoms with van der Waals surface area (Å²) in [5.41, 5.74) is 1.87. The minimum Gasteiger partial charge on any atom is -0.446 e. The lowest BCUT2D eigenvalue weighted by atomic mass is 10.0. The zero-order valence-electron chi connectivity index (χ0n) is 13.8. The Balaban J connectivity index is 1.54. The summed E-state index contributed by atoms with van der Waals surface area (Å²) in [6.45, 7) is 1.20. The average molecular weight is 343 g/mol. The van der Waals surface area contributed by atoms with E-state index in [1.807, 2.05) is 24.3 Å². The third-order valence-corrected chi connectivity index (χ3v) is 4.52. The topological polar surface area (TPSA) is 101 Å². The van der Waals surface area contributed by atoms with Crippen molar-refractivity contribution in [2.45, 2.75) is 37.9 Å². The molecule has 3 heterocycles. The number of fused-ring (bicyclic) bond motifs is 7. The van der Waals surface area contributed by atoms with Crippen LogP contribution in [0.15, 0.2) is 24.3 Å². The monoisotopic (exact) mass is 343 g/mol. The summed E-state index contributed by atoms with van der Waals surface area (Å²) in [6, 6.07) is 7.71. The second kappa shape index (κ2) is 7.10. The Hall–Kier alpha value is -2.61. The number of amides is 1. The molecule has 1 saturated carbocycles. The van der Waals surface area contributed by atoms with Crippen molar-refractivity contribution in [1.82, 2.24) is 20.5 Å². The highest BCUT2D eigenvalue weighted by atomic mass is 16.6. The highest BCUT2D eigenvalue weighted by molar-refractivity contribution is 5.67. The number of anilines is 2. The summed E-state index contributed by atoms with van der Waals surface area (Å²) in [6.07, 6.45) is 2.19. The number of nitrogens with one attached hydrogen (secondary N) is 3. The van der Waals surface area contributed by atoms with Crippen LogP contribution in [0.2, 0.25) is 0 Å². The van der Waals surface area contributed by atoms with Gasteiger partial charge in [-0.2, -0.15) is 5.10 Å². The van der Waals surface area contributed by atoms with Crippen molar-refractivity contribution in [1.29, 1.82) is 0 Å². The van der Waals surface area contributed by atoms with Crippen LogP contribution in [0.5, 0.6) is 0 Å². The largest absolute Gasteiger partial charge is 0.446 e. The van der Waals surface area contributed by atoms with Crippen LogP contribution >= 0.6 is 0 Å². The molecule has 0 aromatic carbocycles. The number of H-pyrrole nitrogens is 1. The molecule has 0 unspecified atom stereocenters. The minimum atomic E-state index is -0.384. The number of pyridine rings is 1. The maximum atomic E-state index is 11.9. The van der Waals surface area contributed by atoms with Crippen molar-refractivity contribution in [2.75, 3.05) is 18.5 Å². The Kier molecular flexibility index (Phi) is 4.51. The molecule has 1 fully saturated rings. The van der Waals surface area contributed by atoms with Crippen molar-refractivity contribution in [2.24, 2.45) is 0 Å². The molecular formula is C17H21N5O3. The smallest absolute Gasteiger partial charge is 0.407 e. The van der Waals surface area contributed by atoms with Crippen LogP contribution < -0.4 is 10.6 Å². The van der Waals surface area contributed by atoms with Gasteiger partial charge in [0, 0.05) is 24.2 Å². The van der Waals surface area contributed by atoms with E-state index < -0.39 is 0 Å².